The first kappa shape index (κ1) is 19.5. The Morgan fingerprint density at radius 2 is 2.20 bits per heavy atom. The fourth-order valence-electron chi connectivity index (χ4n) is 2.69. The van der Waals surface area contributed by atoms with Crippen LogP contribution in [0.15, 0.2) is 23.3 Å². The Kier molecular flexibility index (Phi) is 6.26. The van der Waals surface area contributed by atoms with E-state index < -0.39 is 14.6 Å². The molecule has 1 fully saturated rings. The molecule has 0 spiro atoms. The van der Waals surface area contributed by atoms with E-state index in [2.05, 4.69) is 15.3 Å². The number of hydrogen-bond acceptors (Lipinski definition) is 5. The summed E-state index contributed by atoms with van der Waals surface area (Å²) in [5.41, 5.74) is 0.998. The number of nitrogens with one attached hydrogen (secondary N) is 1. The van der Waals surface area contributed by atoms with Crippen LogP contribution in [0.2, 0.25) is 0 Å². The van der Waals surface area contributed by atoms with Crippen LogP contribution in [0.4, 0.5) is 0 Å². The highest BCUT2D eigenvalue weighted by atomic mass is 32.2. The van der Waals surface area contributed by atoms with Gasteiger partial charge in [0.2, 0.25) is 5.88 Å². The highest BCUT2D eigenvalue weighted by molar-refractivity contribution is 7.92. The molecular formula is C17H28N4O3S. The minimum absolute atomic E-state index is 0.147. The van der Waals surface area contributed by atoms with Crippen LogP contribution in [0, 0.1) is 0 Å². The molecule has 1 aliphatic rings. The monoisotopic (exact) mass is 368 g/mol. The fourth-order valence-corrected chi connectivity index (χ4v) is 4.06. The van der Waals surface area contributed by atoms with Crippen LogP contribution in [0.5, 0.6) is 5.88 Å². The van der Waals surface area contributed by atoms with Crippen molar-refractivity contribution in [2.75, 3.05) is 32.0 Å². The summed E-state index contributed by atoms with van der Waals surface area (Å²) in [6.45, 7) is 10.1. The molecule has 0 amide bonds. The quantitative estimate of drug-likeness (QED) is 0.626. The Morgan fingerprint density at radius 1 is 1.44 bits per heavy atom. The molecule has 8 heteroatoms. The predicted molar refractivity (Wildman–Crippen MR) is 99.7 cm³/mol. The van der Waals surface area contributed by atoms with Crippen LogP contribution in [0.1, 0.15) is 33.3 Å². The summed E-state index contributed by atoms with van der Waals surface area (Å²) in [5.74, 6) is 1.47. The minimum atomic E-state index is -3.07. The number of hydrogen-bond donors (Lipinski definition) is 1. The van der Waals surface area contributed by atoms with Gasteiger partial charge in [0.15, 0.2) is 15.8 Å². The average molecular weight is 369 g/mol. The zero-order valence-corrected chi connectivity index (χ0v) is 16.3. The van der Waals surface area contributed by atoms with Gasteiger partial charge in [-0.15, -0.1) is 0 Å². The summed E-state index contributed by atoms with van der Waals surface area (Å²) in [6.07, 6.45) is 1.71. The van der Waals surface area contributed by atoms with E-state index in [-0.39, 0.29) is 5.75 Å². The number of aliphatic imine (C=N–C) groups is 1. The molecule has 2 heterocycles. The smallest absolute Gasteiger partial charge is 0.213 e. The number of pyridine rings is 1. The lowest BCUT2D eigenvalue weighted by atomic mass is 10.2. The Hall–Kier alpha value is -1.83. The molecule has 7 nitrogen and oxygen atoms in total. The van der Waals surface area contributed by atoms with Crippen molar-refractivity contribution in [3.05, 3.63) is 23.9 Å². The molecular weight excluding hydrogens is 340 g/mol. The van der Waals surface area contributed by atoms with Gasteiger partial charge < -0.3 is 15.0 Å². The summed E-state index contributed by atoms with van der Waals surface area (Å²) in [6, 6.07) is 3.78. The second kappa shape index (κ2) is 8.03. The van der Waals surface area contributed by atoms with Gasteiger partial charge in [-0.1, -0.05) is 0 Å². The van der Waals surface area contributed by atoms with Crippen molar-refractivity contribution in [3.63, 3.8) is 0 Å². The standard InChI is InChI=1S/C17H28N4O3S/c1-5-18-16(21-9-10-25(22,23)17(3,4)13-21)20-12-14-7-8-19-15(11-14)24-6-2/h7-8,11H,5-6,9-10,12-13H2,1-4H3,(H,18,20). The third kappa shape index (κ3) is 4.84. The SMILES string of the molecule is CCNC(=NCc1ccnc(OCC)c1)N1CCS(=O)(=O)C(C)(C)C1. The first-order valence-electron chi connectivity index (χ1n) is 8.62. The molecule has 0 saturated carbocycles. The molecule has 0 bridgehead atoms. The molecule has 25 heavy (non-hydrogen) atoms. The highest BCUT2D eigenvalue weighted by Gasteiger charge is 2.40. The zero-order valence-electron chi connectivity index (χ0n) is 15.4. The number of sulfone groups is 1. The zero-order chi connectivity index (χ0) is 18.5. The normalized spacial score (nSPS) is 19.5. The van der Waals surface area contributed by atoms with Crippen molar-refractivity contribution in [3.8, 4) is 5.88 Å². The fraction of sp³-hybridized carbons (Fsp3) is 0.647. The Bertz CT molecular complexity index is 716. The van der Waals surface area contributed by atoms with E-state index in [1.54, 1.807) is 20.0 Å². The van der Waals surface area contributed by atoms with Crippen molar-refractivity contribution >= 4 is 15.8 Å². The Balaban J connectivity index is 2.15. The van der Waals surface area contributed by atoms with E-state index in [1.165, 1.54) is 0 Å². The molecule has 1 N–H and O–H groups in total. The Morgan fingerprint density at radius 3 is 2.84 bits per heavy atom. The maximum Gasteiger partial charge on any atom is 0.213 e. The highest BCUT2D eigenvalue weighted by Crippen LogP contribution is 2.23. The van der Waals surface area contributed by atoms with Gasteiger partial charge in [-0.25, -0.2) is 18.4 Å². The molecule has 0 aliphatic carbocycles. The minimum Gasteiger partial charge on any atom is -0.478 e. The van der Waals surface area contributed by atoms with E-state index in [4.69, 9.17) is 4.74 Å². The maximum absolute atomic E-state index is 12.2. The van der Waals surface area contributed by atoms with Gasteiger partial charge >= 0.3 is 0 Å². The average Bonchev–Trinajstić information content (AvgIpc) is 2.55. The van der Waals surface area contributed by atoms with Crippen LogP contribution in [0.25, 0.3) is 0 Å². The molecule has 140 valence electrons. The lowest BCUT2D eigenvalue weighted by molar-refractivity contribution is 0.326. The van der Waals surface area contributed by atoms with Crippen molar-refractivity contribution in [2.24, 2.45) is 4.99 Å². The van der Waals surface area contributed by atoms with E-state index in [0.29, 0.717) is 32.1 Å². The van der Waals surface area contributed by atoms with Crippen LogP contribution < -0.4 is 10.1 Å². The largest absolute Gasteiger partial charge is 0.478 e. The van der Waals surface area contributed by atoms with Crippen molar-refractivity contribution in [1.82, 2.24) is 15.2 Å². The first-order valence-corrected chi connectivity index (χ1v) is 10.3. The number of rotatable bonds is 5. The third-order valence-electron chi connectivity index (χ3n) is 4.18. The van der Waals surface area contributed by atoms with Crippen LogP contribution in [-0.4, -0.2) is 61.0 Å². The third-order valence-corrected chi connectivity index (χ3v) is 6.71. The summed E-state index contributed by atoms with van der Waals surface area (Å²) >= 11 is 0. The maximum atomic E-state index is 12.2. The molecule has 0 unspecified atom stereocenters. The summed E-state index contributed by atoms with van der Waals surface area (Å²) in [4.78, 5) is 10.9. The second-order valence-corrected chi connectivity index (χ2v) is 9.35. The predicted octanol–water partition coefficient (Wildman–Crippen LogP) is 1.45. The van der Waals surface area contributed by atoms with Crippen molar-refractivity contribution < 1.29 is 13.2 Å². The van der Waals surface area contributed by atoms with Gasteiger partial charge in [-0.05, 0) is 39.3 Å². The number of nitrogens with zero attached hydrogens (tertiary/aromatic N) is 3. The van der Waals surface area contributed by atoms with Gasteiger partial charge in [-0.3, -0.25) is 0 Å². The summed E-state index contributed by atoms with van der Waals surface area (Å²) in [7, 11) is -3.07. The molecule has 1 aliphatic heterocycles. The Labute approximate surface area is 150 Å². The molecule has 1 aromatic heterocycles. The van der Waals surface area contributed by atoms with E-state index >= 15 is 0 Å². The summed E-state index contributed by atoms with van der Waals surface area (Å²) < 4.78 is 29.0. The van der Waals surface area contributed by atoms with Crippen LogP contribution in [-0.2, 0) is 16.4 Å². The van der Waals surface area contributed by atoms with Crippen LogP contribution >= 0.6 is 0 Å². The van der Waals surface area contributed by atoms with E-state index in [1.807, 2.05) is 30.9 Å². The van der Waals surface area contributed by atoms with E-state index in [0.717, 1.165) is 18.1 Å². The van der Waals surface area contributed by atoms with Gasteiger partial charge in [0, 0.05) is 31.9 Å². The summed E-state index contributed by atoms with van der Waals surface area (Å²) in [5, 5.41) is 3.26. The van der Waals surface area contributed by atoms with Crippen molar-refractivity contribution in [1.29, 1.82) is 0 Å². The molecule has 0 aromatic carbocycles. The van der Waals surface area contributed by atoms with Gasteiger partial charge in [0.05, 0.1) is 23.7 Å². The molecule has 0 atom stereocenters. The second-order valence-electron chi connectivity index (χ2n) is 6.61. The van der Waals surface area contributed by atoms with Gasteiger partial charge in [-0.2, -0.15) is 0 Å². The number of ether oxygens (including phenoxy) is 1. The lowest BCUT2D eigenvalue weighted by Crippen LogP contribution is -2.57. The molecule has 0 radical (unpaired) electrons. The van der Waals surface area contributed by atoms with Gasteiger partial charge in [0.1, 0.15) is 0 Å². The molecule has 2 rings (SSSR count). The lowest BCUT2D eigenvalue weighted by Gasteiger charge is -2.39. The molecule has 1 aromatic rings. The van der Waals surface area contributed by atoms with Crippen molar-refractivity contribution in [2.45, 2.75) is 39.0 Å². The van der Waals surface area contributed by atoms with E-state index in [9.17, 15) is 8.42 Å². The number of guanidine groups is 1. The van der Waals surface area contributed by atoms with Gasteiger partial charge in [0.25, 0.3) is 0 Å². The first-order chi connectivity index (χ1) is 11.8. The number of aromatic nitrogens is 1. The molecule has 1 saturated heterocycles. The van der Waals surface area contributed by atoms with Crippen LogP contribution in [0.3, 0.4) is 0 Å². The topological polar surface area (TPSA) is 83.9 Å².